The molecular formula is C23H24FN3O4. The number of anilines is 2. The summed E-state index contributed by atoms with van der Waals surface area (Å²) in [5.74, 6) is -1.21. The van der Waals surface area contributed by atoms with Gasteiger partial charge in [0.05, 0.1) is 30.3 Å². The lowest BCUT2D eigenvalue weighted by Gasteiger charge is -2.38. The highest BCUT2D eigenvalue weighted by Crippen LogP contribution is 2.27. The van der Waals surface area contributed by atoms with Crippen LogP contribution in [0.4, 0.5) is 15.8 Å². The predicted molar refractivity (Wildman–Crippen MR) is 113 cm³/mol. The second-order valence-electron chi connectivity index (χ2n) is 7.55. The molecule has 2 aliphatic heterocycles. The number of hydrogen-bond acceptors (Lipinski definition) is 6. The largest absolute Gasteiger partial charge is 0.462 e. The minimum atomic E-state index is -0.493. The van der Waals surface area contributed by atoms with E-state index < -0.39 is 12.0 Å². The number of esters is 1. The molecule has 2 amide bonds. The van der Waals surface area contributed by atoms with Gasteiger partial charge in [-0.2, -0.15) is 0 Å². The number of piperazine rings is 1. The van der Waals surface area contributed by atoms with Crippen LogP contribution in [-0.4, -0.2) is 61.5 Å². The third-order valence-corrected chi connectivity index (χ3v) is 5.71. The summed E-state index contributed by atoms with van der Waals surface area (Å²) in [5.41, 5.74) is 1.77. The van der Waals surface area contributed by atoms with E-state index in [1.54, 1.807) is 43.3 Å². The van der Waals surface area contributed by atoms with Crippen molar-refractivity contribution in [3.63, 3.8) is 0 Å². The summed E-state index contributed by atoms with van der Waals surface area (Å²) in [6, 6.07) is 12.2. The van der Waals surface area contributed by atoms with Crippen LogP contribution < -0.4 is 9.80 Å². The predicted octanol–water partition coefficient (Wildman–Crippen LogP) is 2.46. The molecule has 8 heteroatoms. The molecule has 31 heavy (non-hydrogen) atoms. The first-order valence-electron chi connectivity index (χ1n) is 10.4. The number of amides is 2. The highest BCUT2D eigenvalue weighted by atomic mass is 19.1. The number of rotatable bonds is 5. The number of halogens is 1. The van der Waals surface area contributed by atoms with Gasteiger partial charge in [-0.3, -0.25) is 14.5 Å². The summed E-state index contributed by atoms with van der Waals surface area (Å²) in [5, 5.41) is 0. The van der Waals surface area contributed by atoms with Gasteiger partial charge in [0.15, 0.2) is 0 Å². The van der Waals surface area contributed by atoms with Crippen molar-refractivity contribution in [3.05, 3.63) is 59.9 Å². The van der Waals surface area contributed by atoms with Crippen LogP contribution in [0.15, 0.2) is 48.5 Å². The molecule has 0 bridgehead atoms. The number of hydrogen-bond donors (Lipinski definition) is 0. The molecule has 1 atom stereocenters. The molecule has 2 saturated heterocycles. The Morgan fingerprint density at radius 2 is 1.58 bits per heavy atom. The maximum absolute atomic E-state index is 13.1. The SMILES string of the molecule is CCOC(=O)c1ccc(N2C(=O)CC(N3CCN(c4ccc(F)cc4)CC3)C2=O)cc1. The fourth-order valence-electron chi connectivity index (χ4n) is 4.08. The molecule has 0 saturated carbocycles. The highest BCUT2D eigenvalue weighted by molar-refractivity contribution is 6.22. The molecule has 7 nitrogen and oxygen atoms in total. The van der Waals surface area contributed by atoms with Crippen LogP contribution in [0.2, 0.25) is 0 Å². The van der Waals surface area contributed by atoms with E-state index in [9.17, 15) is 18.8 Å². The van der Waals surface area contributed by atoms with E-state index in [2.05, 4.69) is 4.90 Å². The van der Waals surface area contributed by atoms with Crippen molar-refractivity contribution in [1.82, 2.24) is 4.90 Å². The smallest absolute Gasteiger partial charge is 0.338 e. The van der Waals surface area contributed by atoms with Crippen LogP contribution >= 0.6 is 0 Å². The van der Waals surface area contributed by atoms with Gasteiger partial charge in [0.1, 0.15) is 5.82 Å². The van der Waals surface area contributed by atoms with Gasteiger partial charge >= 0.3 is 5.97 Å². The molecule has 0 radical (unpaired) electrons. The van der Waals surface area contributed by atoms with Crippen LogP contribution in [0.3, 0.4) is 0 Å². The van der Waals surface area contributed by atoms with Crippen molar-refractivity contribution in [2.45, 2.75) is 19.4 Å². The van der Waals surface area contributed by atoms with Gasteiger partial charge in [0, 0.05) is 31.9 Å². The molecular weight excluding hydrogens is 401 g/mol. The number of benzene rings is 2. The zero-order valence-electron chi connectivity index (χ0n) is 17.3. The molecule has 4 rings (SSSR count). The summed E-state index contributed by atoms with van der Waals surface area (Å²) < 4.78 is 18.1. The molecule has 2 fully saturated rings. The van der Waals surface area contributed by atoms with Crippen LogP contribution in [-0.2, 0) is 14.3 Å². The maximum Gasteiger partial charge on any atom is 0.338 e. The van der Waals surface area contributed by atoms with E-state index in [0.717, 1.165) is 5.69 Å². The molecule has 2 aromatic carbocycles. The Labute approximate surface area is 180 Å². The number of nitrogens with zero attached hydrogens (tertiary/aromatic N) is 3. The summed E-state index contributed by atoms with van der Waals surface area (Å²) in [4.78, 5) is 42.8. The Hall–Kier alpha value is -3.26. The zero-order chi connectivity index (χ0) is 22.0. The number of ether oxygens (including phenoxy) is 1. The van der Waals surface area contributed by atoms with Gasteiger partial charge < -0.3 is 9.64 Å². The van der Waals surface area contributed by atoms with Crippen molar-refractivity contribution in [2.24, 2.45) is 0 Å². The Bertz CT molecular complexity index is 969. The quantitative estimate of drug-likeness (QED) is 0.542. The average molecular weight is 425 g/mol. The third kappa shape index (κ3) is 4.29. The molecule has 0 aliphatic carbocycles. The summed E-state index contributed by atoms with van der Waals surface area (Å²) in [7, 11) is 0. The molecule has 0 aromatic heterocycles. The second kappa shape index (κ2) is 8.85. The van der Waals surface area contributed by atoms with E-state index in [0.29, 0.717) is 37.4 Å². The van der Waals surface area contributed by atoms with E-state index in [4.69, 9.17) is 4.74 Å². The number of carbonyl (C=O) groups excluding carboxylic acids is 3. The Morgan fingerprint density at radius 1 is 0.968 bits per heavy atom. The molecule has 0 N–H and O–H groups in total. The first-order chi connectivity index (χ1) is 15.0. The molecule has 1 unspecified atom stereocenters. The molecule has 2 aromatic rings. The standard InChI is InChI=1S/C23H24FN3O4/c1-2-31-23(30)16-3-7-19(8-4-16)27-21(28)15-20(22(27)29)26-13-11-25(12-14-26)18-9-5-17(24)6-10-18/h3-10,20H,2,11-15H2,1H3. The first kappa shape index (κ1) is 21.0. The number of carbonyl (C=O) groups is 3. The zero-order valence-corrected chi connectivity index (χ0v) is 17.3. The normalized spacial score (nSPS) is 19.7. The molecule has 2 heterocycles. The van der Waals surface area contributed by atoms with Gasteiger partial charge in [-0.05, 0) is 55.5 Å². The van der Waals surface area contributed by atoms with Gasteiger partial charge in [-0.25, -0.2) is 14.1 Å². The Morgan fingerprint density at radius 3 is 2.19 bits per heavy atom. The summed E-state index contributed by atoms with van der Waals surface area (Å²) in [6.07, 6.45) is 0.134. The van der Waals surface area contributed by atoms with Crippen LogP contribution in [0, 0.1) is 5.82 Å². The molecule has 2 aliphatic rings. The lowest BCUT2D eigenvalue weighted by atomic mass is 10.1. The second-order valence-corrected chi connectivity index (χ2v) is 7.55. The fraction of sp³-hybridized carbons (Fsp3) is 0.348. The third-order valence-electron chi connectivity index (χ3n) is 5.71. The lowest BCUT2D eigenvalue weighted by Crippen LogP contribution is -2.52. The van der Waals surface area contributed by atoms with Gasteiger partial charge in [-0.15, -0.1) is 0 Å². The van der Waals surface area contributed by atoms with Crippen molar-refractivity contribution in [1.29, 1.82) is 0 Å². The summed E-state index contributed by atoms with van der Waals surface area (Å²) >= 11 is 0. The van der Waals surface area contributed by atoms with Crippen molar-refractivity contribution >= 4 is 29.2 Å². The number of imide groups is 1. The first-order valence-corrected chi connectivity index (χ1v) is 10.4. The van der Waals surface area contributed by atoms with Crippen LogP contribution in [0.5, 0.6) is 0 Å². The van der Waals surface area contributed by atoms with Crippen LogP contribution in [0.25, 0.3) is 0 Å². The topological polar surface area (TPSA) is 70.2 Å². The van der Waals surface area contributed by atoms with Gasteiger partial charge in [0.2, 0.25) is 5.91 Å². The lowest BCUT2D eigenvalue weighted by molar-refractivity contribution is -0.123. The average Bonchev–Trinajstić information content (AvgIpc) is 3.08. The van der Waals surface area contributed by atoms with E-state index >= 15 is 0 Å². The van der Waals surface area contributed by atoms with Crippen molar-refractivity contribution in [3.8, 4) is 0 Å². The summed E-state index contributed by atoms with van der Waals surface area (Å²) in [6.45, 7) is 4.66. The highest BCUT2D eigenvalue weighted by Gasteiger charge is 2.43. The minimum Gasteiger partial charge on any atom is -0.462 e. The van der Waals surface area contributed by atoms with E-state index in [-0.39, 0.29) is 30.7 Å². The Kier molecular flexibility index (Phi) is 5.99. The van der Waals surface area contributed by atoms with Crippen molar-refractivity contribution in [2.75, 3.05) is 42.6 Å². The monoisotopic (exact) mass is 425 g/mol. The van der Waals surface area contributed by atoms with Gasteiger partial charge in [-0.1, -0.05) is 0 Å². The van der Waals surface area contributed by atoms with Gasteiger partial charge in [0.25, 0.3) is 5.91 Å². The molecule has 162 valence electrons. The maximum atomic E-state index is 13.1. The van der Waals surface area contributed by atoms with Crippen LogP contribution in [0.1, 0.15) is 23.7 Å². The molecule has 0 spiro atoms. The minimum absolute atomic E-state index is 0.134. The van der Waals surface area contributed by atoms with E-state index in [1.165, 1.54) is 17.0 Å². The fourth-order valence-corrected chi connectivity index (χ4v) is 4.08. The Balaban J connectivity index is 1.40. The van der Waals surface area contributed by atoms with E-state index in [1.807, 2.05) is 4.90 Å². The van der Waals surface area contributed by atoms with Crippen molar-refractivity contribution < 1.29 is 23.5 Å².